The topological polar surface area (TPSA) is 75.9 Å². The molecule has 3 rings (SSSR count). The molecule has 0 saturated carbocycles. The maximum absolute atomic E-state index is 12.5. The van der Waals surface area contributed by atoms with Gasteiger partial charge in [0.25, 0.3) is 5.91 Å². The van der Waals surface area contributed by atoms with Crippen LogP contribution < -0.4 is 5.32 Å². The van der Waals surface area contributed by atoms with E-state index in [2.05, 4.69) is 20.6 Å². The Morgan fingerprint density at radius 3 is 2.79 bits per heavy atom. The Hall–Kier alpha value is -2.49. The van der Waals surface area contributed by atoms with E-state index in [1.807, 2.05) is 6.92 Å². The quantitative estimate of drug-likeness (QED) is 0.886. The lowest BCUT2D eigenvalue weighted by Gasteiger charge is -2.33. The molecule has 1 atom stereocenters. The van der Waals surface area contributed by atoms with Gasteiger partial charge in [-0.15, -0.1) is 5.10 Å². The summed E-state index contributed by atoms with van der Waals surface area (Å²) in [4.78, 5) is 17.9. The first-order chi connectivity index (χ1) is 11.4. The number of rotatable bonds is 2. The molecule has 0 aliphatic carbocycles. The molecule has 1 amide bonds. The van der Waals surface area contributed by atoms with Crippen LogP contribution in [-0.4, -0.2) is 56.5 Å². The van der Waals surface area contributed by atoms with Gasteiger partial charge < -0.3 is 10.2 Å². The Morgan fingerprint density at radius 2 is 2.17 bits per heavy atom. The summed E-state index contributed by atoms with van der Waals surface area (Å²) in [7, 11) is 0. The zero-order chi connectivity index (χ0) is 17.3. The Balaban J connectivity index is 1.79. The van der Waals surface area contributed by atoms with Crippen LogP contribution in [0.3, 0.4) is 0 Å². The van der Waals surface area contributed by atoms with Crippen LogP contribution in [0.15, 0.2) is 24.5 Å². The number of halogens is 3. The van der Waals surface area contributed by atoms with Crippen LogP contribution in [0.1, 0.15) is 23.0 Å². The van der Waals surface area contributed by atoms with E-state index in [0.29, 0.717) is 19.6 Å². The summed E-state index contributed by atoms with van der Waals surface area (Å²) in [6.45, 7) is 3.88. The average molecular weight is 340 g/mol. The fourth-order valence-corrected chi connectivity index (χ4v) is 2.45. The SMILES string of the molecule is CC1CNCCN1C(=O)c1cn(-c2ccc(C(F)(F)F)cn2)nn1. The van der Waals surface area contributed by atoms with Crippen molar-refractivity contribution in [3.05, 3.63) is 35.8 Å². The summed E-state index contributed by atoms with van der Waals surface area (Å²) in [6, 6.07) is 2.11. The largest absolute Gasteiger partial charge is 0.417 e. The number of carbonyl (C=O) groups excluding carboxylic acids is 1. The molecule has 128 valence electrons. The van der Waals surface area contributed by atoms with Crippen LogP contribution in [0.25, 0.3) is 5.82 Å². The van der Waals surface area contributed by atoms with Crippen LogP contribution in [0, 0.1) is 0 Å². The lowest BCUT2D eigenvalue weighted by atomic mass is 10.2. The third-order valence-corrected chi connectivity index (χ3v) is 3.78. The van der Waals surface area contributed by atoms with Crippen LogP contribution in [-0.2, 0) is 6.18 Å². The monoisotopic (exact) mass is 340 g/mol. The predicted molar refractivity (Wildman–Crippen MR) is 77.5 cm³/mol. The zero-order valence-corrected chi connectivity index (χ0v) is 12.8. The van der Waals surface area contributed by atoms with Crippen molar-refractivity contribution in [3.8, 4) is 5.82 Å². The van der Waals surface area contributed by atoms with E-state index < -0.39 is 11.7 Å². The number of hydrogen-bond donors (Lipinski definition) is 1. The van der Waals surface area contributed by atoms with Gasteiger partial charge in [0.15, 0.2) is 11.5 Å². The van der Waals surface area contributed by atoms with Gasteiger partial charge in [0, 0.05) is 31.9 Å². The van der Waals surface area contributed by atoms with E-state index in [1.165, 1.54) is 16.9 Å². The minimum Gasteiger partial charge on any atom is -0.332 e. The highest BCUT2D eigenvalue weighted by Gasteiger charge is 2.31. The van der Waals surface area contributed by atoms with Crippen molar-refractivity contribution in [2.75, 3.05) is 19.6 Å². The lowest BCUT2D eigenvalue weighted by molar-refractivity contribution is -0.137. The number of aromatic nitrogens is 4. The summed E-state index contributed by atoms with van der Waals surface area (Å²) in [5.41, 5.74) is -0.720. The Kier molecular flexibility index (Phi) is 4.22. The average Bonchev–Trinajstić information content (AvgIpc) is 3.04. The van der Waals surface area contributed by atoms with Crippen molar-refractivity contribution in [1.29, 1.82) is 0 Å². The molecule has 7 nitrogen and oxygen atoms in total. The maximum atomic E-state index is 12.5. The van der Waals surface area contributed by atoms with Gasteiger partial charge in [-0.2, -0.15) is 13.2 Å². The molecule has 10 heteroatoms. The number of hydrogen-bond acceptors (Lipinski definition) is 5. The molecular weight excluding hydrogens is 325 g/mol. The van der Waals surface area contributed by atoms with Gasteiger partial charge in [-0.1, -0.05) is 5.21 Å². The Bertz CT molecular complexity index is 727. The molecule has 0 aromatic carbocycles. The molecule has 0 bridgehead atoms. The van der Waals surface area contributed by atoms with Gasteiger partial charge in [0.05, 0.1) is 11.8 Å². The summed E-state index contributed by atoms with van der Waals surface area (Å²) >= 11 is 0. The van der Waals surface area contributed by atoms with Gasteiger partial charge in [0.1, 0.15) is 0 Å². The van der Waals surface area contributed by atoms with Gasteiger partial charge in [-0.05, 0) is 19.1 Å². The number of amides is 1. The molecule has 2 aromatic heterocycles. The van der Waals surface area contributed by atoms with Crippen LogP contribution in [0.5, 0.6) is 0 Å². The number of nitrogens with one attached hydrogen (secondary N) is 1. The van der Waals surface area contributed by atoms with Gasteiger partial charge in [-0.3, -0.25) is 4.79 Å². The maximum Gasteiger partial charge on any atom is 0.417 e. The Morgan fingerprint density at radius 1 is 1.38 bits per heavy atom. The fraction of sp³-hybridized carbons (Fsp3) is 0.429. The molecule has 1 unspecified atom stereocenters. The van der Waals surface area contributed by atoms with Crippen molar-refractivity contribution < 1.29 is 18.0 Å². The highest BCUT2D eigenvalue weighted by molar-refractivity contribution is 5.92. The second-order valence-corrected chi connectivity index (χ2v) is 5.50. The van der Waals surface area contributed by atoms with E-state index >= 15 is 0 Å². The van der Waals surface area contributed by atoms with Crippen LogP contribution in [0.4, 0.5) is 13.2 Å². The lowest BCUT2D eigenvalue weighted by Crippen LogP contribution is -2.52. The van der Waals surface area contributed by atoms with Crippen molar-refractivity contribution in [2.45, 2.75) is 19.1 Å². The highest BCUT2D eigenvalue weighted by Crippen LogP contribution is 2.28. The molecule has 0 spiro atoms. The fourth-order valence-electron chi connectivity index (χ4n) is 2.45. The van der Waals surface area contributed by atoms with Crippen molar-refractivity contribution >= 4 is 5.91 Å². The van der Waals surface area contributed by atoms with E-state index in [4.69, 9.17) is 0 Å². The second kappa shape index (κ2) is 6.19. The van der Waals surface area contributed by atoms with Crippen molar-refractivity contribution in [2.24, 2.45) is 0 Å². The molecule has 1 aliphatic heterocycles. The van der Waals surface area contributed by atoms with Crippen molar-refractivity contribution in [1.82, 2.24) is 30.2 Å². The molecule has 3 heterocycles. The first-order valence-electron chi connectivity index (χ1n) is 7.34. The van der Waals surface area contributed by atoms with E-state index in [0.717, 1.165) is 12.3 Å². The third kappa shape index (κ3) is 3.23. The molecule has 1 aliphatic rings. The molecular formula is C14H15F3N6O. The highest BCUT2D eigenvalue weighted by atomic mass is 19.4. The normalized spacial score (nSPS) is 18.7. The number of piperazine rings is 1. The summed E-state index contributed by atoms with van der Waals surface area (Å²) in [5, 5.41) is 10.8. The second-order valence-electron chi connectivity index (χ2n) is 5.50. The molecule has 1 fully saturated rings. The van der Waals surface area contributed by atoms with Gasteiger partial charge >= 0.3 is 6.18 Å². The summed E-state index contributed by atoms with van der Waals surface area (Å²) in [5.74, 6) is -0.106. The van der Waals surface area contributed by atoms with Gasteiger partial charge in [0.2, 0.25) is 0 Å². The van der Waals surface area contributed by atoms with E-state index in [1.54, 1.807) is 4.90 Å². The number of pyridine rings is 1. The summed E-state index contributed by atoms with van der Waals surface area (Å²) < 4.78 is 38.8. The molecule has 1 saturated heterocycles. The van der Waals surface area contributed by atoms with Crippen LogP contribution >= 0.6 is 0 Å². The first kappa shape index (κ1) is 16.4. The molecule has 1 N–H and O–H groups in total. The number of nitrogens with zero attached hydrogens (tertiary/aromatic N) is 5. The minimum absolute atomic E-state index is 0.0283. The van der Waals surface area contributed by atoms with Crippen LogP contribution in [0.2, 0.25) is 0 Å². The summed E-state index contributed by atoms with van der Waals surface area (Å²) in [6.07, 6.45) is -2.36. The Labute approximate surface area is 135 Å². The minimum atomic E-state index is -4.45. The number of carbonyl (C=O) groups is 1. The molecule has 0 radical (unpaired) electrons. The first-order valence-corrected chi connectivity index (χ1v) is 7.34. The number of alkyl halides is 3. The molecule has 24 heavy (non-hydrogen) atoms. The smallest absolute Gasteiger partial charge is 0.332 e. The molecule has 2 aromatic rings. The zero-order valence-electron chi connectivity index (χ0n) is 12.8. The van der Waals surface area contributed by atoms with Gasteiger partial charge in [-0.25, -0.2) is 9.67 Å². The predicted octanol–water partition coefficient (Wildman–Crippen LogP) is 1.11. The van der Waals surface area contributed by atoms with E-state index in [9.17, 15) is 18.0 Å². The standard InChI is InChI=1S/C14H15F3N6O/c1-9-6-18-4-5-22(9)13(24)11-8-23(21-20-11)12-3-2-10(7-19-12)14(15,16)17/h2-3,7-9,18H,4-6H2,1H3. The van der Waals surface area contributed by atoms with E-state index in [-0.39, 0.29) is 23.5 Å². The third-order valence-electron chi connectivity index (χ3n) is 3.78. The van der Waals surface area contributed by atoms with Crippen molar-refractivity contribution in [3.63, 3.8) is 0 Å².